The van der Waals surface area contributed by atoms with Crippen molar-refractivity contribution >= 4 is 29.7 Å². The van der Waals surface area contributed by atoms with Crippen molar-refractivity contribution in [3.05, 3.63) is 35.9 Å². The van der Waals surface area contributed by atoms with Crippen molar-refractivity contribution in [2.45, 2.75) is 84.0 Å². The molecule has 0 saturated carbocycles. The van der Waals surface area contributed by atoms with Crippen molar-refractivity contribution in [2.75, 3.05) is 0 Å². The van der Waals surface area contributed by atoms with E-state index >= 15 is 0 Å². The fraction of sp³-hybridized carbons (Fsp3) is 0.577. The fourth-order valence-electron chi connectivity index (χ4n) is 3.66. The van der Waals surface area contributed by atoms with Gasteiger partial charge in [0.15, 0.2) is 0 Å². The van der Waals surface area contributed by atoms with Gasteiger partial charge in [0, 0.05) is 12.8 Å². The van der Waals surface area contributed by atoms with E-state index in [9.17, 15) is 29.1 Å². The van der Waals surface area contributed by atoms with Crippen LogP contribution in [0.2, 0.25) is 0 Å². The Morgan fingerprint density at radius 1 is 0.865 bits per heavy atom. The lowest BCUT2D eigenvalue weighted by Gasteiger charge is -2.27. The van der Waals surface area contributed by atoms with Gasteiger partial charge in [0.25, 0.3) is 0 Å². The van der Waals surface area contributed by atoms with Crippen LogP contribution in [0.25, 0.3) is 0 Å². The van der Waals surface area contributed by atoms with E-state index in [1.54, 1.807) is 31.2 Å². The van der Waals surface area contributed by atoms with Gasteiger partial charge in [0.1, 0.15) is 18.1 Å². The number of hydrogen-bond donors (Lipinski definition) is 6. The zero-order valence-corrected chi connectivity index (χ0v) is 21.9. The molecule has 206 valence electrons. The van der Waals surface area contributed by atoms with Gasteiger partial charge in [-0.1, -0.05) is 64.4 Å². The molecule has 1 aromatic carbocycles. The summed E-state index contributed by atoms with van der Waals surface area (Å²) >= 11 is 0. The van der Waals surface area contributed by atoms with E-state index in [0.29, 0.717) is 6.42 Å². The summed E-state index contributed by atoms with van der Waals surface area (Å²) in [5.41, 5.74) is 6.54. The average molecular weight is 521 g/mol. The molecule has 5 unspecified atom stereocenters. The maximum atomic E-state index is 13.3. The van der Waals surface area contributed by atoms with Crippen LogP contribution in [0.1, 0.15) is 58.9 Å². The summed E-state index contributed by atoms with van der Waals surface area (Å²) in [6, 6.07) is 4.56. The lowest BCUT2D eigenvalue weighted by Crippen LogP contribution is -2.58. The number of amides is 3. The largest absolute Gasteiger partial charge is 0.481 e. The van der Waals surface area contributed by atoms with E-state index in [1.165, 1.54) is 0 Å². The van der Waals surface area contributed by atoms with Crippen LogP contribution in [0.3, 0.4) is 0 Å². The molecule has 37 heavy (non-hydrogen) atoms. The maximum Gasteiger partial charge on any atom is 0.326 e. The zero-order chi connectivity index (χ0) is 28.1. The molecule has 3 amide bonds. The van der Waals surface area contributed by atoms with Gasteiger partial charge in [-0.25, -0.2) is 4.79 Å². The van der Waals surface area contributed by atoms with Crippen molar-refractivity contribution in [3.8, 4) is 0 Å². The Morgan fingerprint density at radius 2 is 1.43 bits per heavy atom. The number of rotatable bonds is 16. The van der Waals surface area contributed by atoms with E-state index in [-0.39, 0.29) is 37.5 Å². The molecule has 0 saturated heterocycles. The molecule has 0 aliphatic carbocycles. The van der Waals surface area contributed by atoms with Crippen LogP contribution in [0.4, 0.5) is 0 Å². The Kier molecular flexibility index (Phi) is 13.3. The molecule has 11 nitrogen and oxygen atoms in total. The first kappa shape index (κ1) is 31.6. The molecule has 0 aromatic heterocycles. The van der Waals surface area contributed by atoms with Crippen LogP contribution in [0.5, 0.6) is 0 Å². The molecule has 0 spiro atoms. The van der Waals surface area contributed by atoms with Crippen LogP contribution in [-0.4, -0.2) is 64.0 Å². The molecule has 1 aromatic rings. The van der Waals surface area contributed by atoms with Crippen molar-refractivity contribution in [1.82, 2.24) is 16.0 Å². The minimum Gasteiger partial charge on any atom is -0.481 e. The first-order valence-electron chi connectivity index (χ1n) is 12.5. The molecule has 0 aliphatic rings. The van der Waals surface area contributed by atoms with E-state index < -0.39 is 53.8 Å². The molecule has 11 heteroatoms. The Bertz CT molecular complexity index is 923. The van der Waals surface area contributed by atoms with Crippen LogP contribution < -0.4 is 21.7 Å². The van der Waals surface area contributed by atoms with Crippen LogP contribution >= 0.6 is 0 Å². The lowest BCUT2D eigenvalue weighted by molar-refractivity contribution is -0.144. The highest BCUT2D eigenvalue weighted by atomic mass is 16.4. The number of carboxylic acid groups (broad SMARTS) is 2. The summed E-state index contributed by atoms with van der Waals surface area (Å²) in [5, 5.41) is 26.2. The van der Waals surface area contributed by atoms with Crippen LogP contribution in [0.15, 0.2) is 30.3 Å². The third-order valence-corrected chi connectivity index (χ3v) is 6.04. The number of nitrogens with one attached hydrogen (secondary N) is 3. The normalized spacial score (nSPS) is 15.1. The summed E-state index contributed by atoms with van der Waals surface area (Å²) in [7, 11) is 0. The second kappa shape index (κ2) is 15.6. The minimum atomic E-state index is -1.17. The Balaban J connectivity index is 3.12. The first-order valence-corrected chi connectivity index (χ1v) is 12.5. The molecule has 1 rings (SSSR count). The van der Waals surface area contributed by atoms with Crippen molar-refractivity contribution in [1.29, 1.82) is 0 Å². The second-order valence-corrected chi connectivity index (χ2v) is 9.69. The van der Waals surface area contributed by atoms with Crippen LogP contribution in [0, 0.1) is 11.8 Å². The molecule has 7 N–H and O–H groups in total. The summed E-state index contributed by atoms with van der Waals surface area (Å²) in [6.07, 6.45) is 0.481. The van der Waals surface area contributed by atoms with E-state index in [1.807, 2.05) is 26.8 Å². The Morgan fingerprint density at radius 3 is 1.95 bits per heavy atom. The van der Waals surface area contributed by atoms with Gasteiger partial charge < -0.3 is 31.9 Å². The topological polar surface area (TPSA) is 188 Å². The summed E-state index contributed by atoms with van der Waals surface area (Å²) in [5.74, 6) is -4.56. The summed E-state index contributed by atoms with van der Waals surface area (Å²) in [6.45, 7) is 7.24. The standard InChI is InChI=1S/C26H40N4O7/c1-5-16(4)22(26(36)37)30-25(35)20(14-17-9-7-6-8-10-17)29-24(34)19(13-15(2)3)28-23(33)18(27)11-12-21(31)32/h6-10,15-16,18-20,22H,5,11-14,27H2,1-4H3,(H,28,33)(H,29,34)(H,30,35)(H,31,32)(H,36,37). The fourth-order valence-corrected chi connectivity index (χ4v) is 3.66. The number of carbonyl (C=O) groups is 5. The molecule has 5 atom stereocenters. The summed E-state index contributed by atoms with van der Waals surface area (Å²) < 4.78 is 0. The Labute approximate surface area is 217 Å². The smallest absolute Gasteiger partial charge is 0.326 e. The van der Waals surface area contributed by atoms with Gasteiger partial charge in [0.2, 0.25) is 17.7 Å². The molecule has 0 fully saturated rings. The molecule has 0 radical (unpaired) electrons. The highest BCUT2D eigenvalue weighted by molar-refractivity contribution is 5.94. The first-order chi connectivity index (χ1) is 17.3. The van der Waals surface area contributed by atoms with E-state index in [0.717, 1.165) is 5.56 Å². The van der Waals surface area contributed by atoms with E-state index in [2.05, 4.69) is 16.0 Å². The highest BCUT2D eigenvalue weighted by Crippen LogP contribution is 2.11. The number of benzene rings is 1. The number of hydrogen-bond acceptors (Lipinski definition) is 6. The van der Waals surface area contributed by atoms with E-state index in [4.69, 9.17) is 10.8 Å². The summed E-state index contributed by atoms with van der Waals surface area (Å²) in [4.78, 5) is 61.5. The SMILES string of the molecule is CCC(C)C(NC(=O)C(Cc1ccccc1)NC(=O)C(CC(C)C)NC(=O)C(N)CCC(=O)O)C(=O)O. The van der Waals surface area contributed by atoms with Gasteiger partial charge in [-0.05, 0) is 30.2 Å². The van der Waals surface area contributed by atoms with Crippen molar-refractivity contribution < 1.29 is 34.2 Å². The number of nitrogens with two attached hydrogens (primary N) is 1. The highest BCUT2D eigenvalue weighted by Gasteiger charge is 2.32. The van der Waals surface area contributed by atoms with Gasteiger partial charge >= 0.3 is 11.9 Å². The molecular formula is C26H40N4O7. The third kappa shape index (κ3) is 11.4. The van der Waals surface area contributed by atoms with Gasteiger partial charge in [0.05, 0.1) is 6.04 Å². The predicted octanol–water partition coefficient (Wildman–Crippen LogP) is 1.05. The Hall–Kier alpha value is -3.47. The third-order valence-electron chi connectivity index (χ3n) is 6.04. The van der Waals surface area contributed by atoms with Gasteiger partial charge in [-0.2, -0.15) is 0 Å². The minimum absolute atomic E-state index is 0.00510. The van der Waals surface area contributed by atoms with Crippen molar-refractivity contribution in [2.24, 2.45) is 17.6 Å². The maximum absolute atomic E-state index is 13.3. The molecule has 0 aliphatic heterocycles. The van der Waals surface area contributed by atoms with Gasteiger partial charge in [-0.3, -0.25) is 19.2 Å². The number of carbonyl (C=O) groups excluding carboxylic acids is 3. The zero-order valence-electron chi connectivity index (χ0n) is 21.9. The lowest BCUT2D eigenvalue weighted by atomic mass is 9.97. The monoisotopic (exact) mass is 520 g/mol. The molecule has 0 bridgehead atoms. The molecule has 0 heterocycles. The molecular weight excluding hydrogens is 480 g/mol. The number of carboxylic acids is 2. The van der Waals surface area contributed by atoms with Crippen LogP contribution in [-0.2, 0) is 30.4 Å². The number of aliphatic carboxylic acids is 2. The van der Waals surface area contributed by atoms with Gasteiger partial charge in [-0.15, -0.1) is 0 Å². The van der Waals surface area contributed by atoms with Crippen molar-refractivity contribution in [3.63, 3.8) is 0 Å². The average Bonchev–Trinajstić information content (AvgIpc) is 2.84. The quantitative estimate of drug-likeness (QED) is 0.186. The predicted molar refractivity (Wildman–Crippen MR) is 137 cm³/mol. The second-order valence-electron chi connectivity index (χ2n) is 9.69.